The van der Waals surface area contributed by atoms with E-state index < -0.39 is 0 Å². The predicted octanol–water partition coefficient (Wildman–Crippen LogP) is 7.86. The van der Waals surface area contributed by atoms with E-state index >= 15 is 0 Å². The van der Waals surface area contributed by atoms with Crippen LogP contribution in [0.5, 0.6) is 0 Å². The summed E-state index contributed by atoms with van der Waals surface area (Å²) in [5.74, 6) is 0. The highest BCUT2D eigenvalue weighted by atomic mass is 16.7. The fraction of sp³-hybridized carbons (Fsp3) is 0.188. The lowest BCUT2D eigenvalue weighted by molar-refractivity contribution is 0.00578. The van der Waals surface area contributed by atoms with Crippen LogP contribution in [0.2, 0.25) is 0 Å². The van der Waals surface area contributed by atoms with Crippen molar-refractivity contribution in [2.45, 2.75) is 38.9 Å². The lowest BCUT2D eigenvalue weighted by Gasteiger charge is -2.32. The van der Waals surface area contributed by atoms with Gasteiger partial charge in [-0.05, 0) is 72.6 Å². The first-order chi connectivity index (χ1) is 17.3. The molecule has 0 N–H and O–H groups in total. The third kappa shape index (κ3) is 3.08. The summed E-state index contributed by atoms with van der Waals surface area (Å²) in [4.78, 5) is 0. The van der Waals surface area contributed by atoms with Gasteiger partial charge in [-0.1, -0.05) is 78.9 Å². The quantitative estimate of drug-likeness (QED) is 0.191. The monoisotopic (exact) mass is 470 g/mol. The van der Waals surface area contributed by atoms with Crippen molar-refractivity contribution in [1.29, 1.82) is 0 Å². The molecule has 36 heavy (non-hydrogen) atoms. The zero-order valence-corrected chi connectivity index (χ0v) is 21.0. The van der Waals surface area contributed by atoms with Crippen molar-refractivity contribution < 1.29 is 13.7 Å². The van der Waals surface area contributed by atoms with Gasteiger partial charge in [-0.2, -0.15) is 0 Å². The first kappa shape index (κ1) is 21.7. The van der Waals surface area contributed by atoms with E-state index in [1.54, 1.807) is 0 Å². The van der Waals surface area contributed by atoms with Crippen LogP contribution in [0.4, 0.5) is 0 Å². The van der Waals surface area contributed by atoms with Crippen LogP contribution in [0.25, 0.3) is 54.6 Å². The average Bonchev–Trinajstić information content (AvgIpc) is 3.37. The summed E-state index contributed by atoms with van der Waals surface area (Å²) in [6.07, 6.45) is 0. The van der Waals surface area contributed by atoms with E-state index in [1.807, 2.05) is 0 Å². The van der Waals surface area contributed by atoms with E-state index in [-0.39, 0.29) is 18.3 Å². The van der Waals surface area contributed by atoms with Gasteiger partial charge in [-0.25, -0.2) is 0 Å². The third-order valence-corrected chi connectivity index (χ3v) is 8.09. The Hall–Kier alpha value is -3.60. The maximum absolute atomic E-state index is 6.57. The highest BCUT2D eigenvalue weighted by Gasteiger charge is 2.51. The molecule has 0 atom stereocenters. The van der Waals surface area contributed by atoms with Gasteiger partial charge in [0.2, 0.25) is 0 Å². The van der Waals surface area contributed by atoms with Crippen molar-refractivity contribution in [1.82, 2.24) is 0 Å². The molecule has 1 fully saturated rings. The normalized spacial score (nSPS) is 17.1. The Morgan fingerprint density at radius 3 is 1.89 bits per heavy atom. The molecule has 7 rings (SSSR count). The largest absolute Gasteiger partial charge is 0.494 e. The molecule has 5 aromatic carbocycles. The fourth-order valence-electron chi connectivity index (χ4n) is 5.43. The number of rotatable bonds is 2. The minimum atomic E-state index is -0.386. The molecule has 0 saturated carbocycles. The number of hydrogen-bond acceptors (Lipinski definition) is 3. The first-order valence-corrected chi connectivity index (χ1v) is 12.5. The van der Waals surface area contributed by atoms with Crippen molar-refractivity contribution in [3.05, 3.63) is 91.0 Å². The minimum absolute atomic E-state index is 0.369. The number of fused-ring (bicyclic) bond motifs is 8. The molecule has 1 aliphatic rings. The fourth-order valence-corrected chi connectivity index (χ4v) is 5.43. The van der Waals surface area contributed by atoms with Crippen molar-refractivity contribution in [3.63, 3.8) is 0 Å². The number of furan rings is 1. The summed E-state index contributed by atoms with van der Waals surface area (Å²) < 4.78 is 19.2. The molecule has 0 amide bonds. The second-order valence-corrected chi connectivity index (χ2v) is 10.8. The molecule has 1 aromatic heterocycles. The Morgan fingerprint density at radius 2 is 1.17 bits per heavy atom. The van der Waals surface area contributed by atoms with E-state index in [2.05, 4.69) is 119 Å². The Bertz CT molecular complexity index is 1800. The SMILES string of the molecule is CC1(C)OB(c2cccc(-c3ccc4c(c3)oc3c5ccccc5c5ccccc5c43)c2)OC1(C)C. The second-order valence-electron chi connectivity index (χ2n) is 10.8. The molecule has 0 radical (unpaired) electrons. The van der Waals surface area contributed by atoms with Gasteiger partial charge in [0.1, 0.15) is 11.2 Å². The molecule has 0 aliphatic carbocycles. The molecule has 0 bridgehead atoms. The van der Waals surface area contributed by atoms with E-state index in [9.17, 15) is 0 Å². The van der Waals surface area contributed by atoms with Crippen LogP contribution in [0.1, 0.15) is 27.7 Å². The molecule has 0 spiro atoms. The van der Waals surface area contributed by atoms with Gasteiger partial charge in [0.15, 0.2) is 0 Å². The summed E-state index contributed by atoms with van der Waals surface area (Å²) in [7, 11) is -0.386. The minimum Gasteiger partial charge on any atom is -0.455 e. The molecule has 4 heteroatoms. The van der Waals surface area contributed by atoms with Crippen LogP contribution < -0.4 is 5.46 Å². The van der Waals surface area contributed by atoms with Crippen LogP contribution in [-0.4, -0.2) is 18.3 Å². The first-order valence-electron chi connectivity index (χ1n) is 12.5. The zero-order valence-electron chi connectivity index (χ0n) is 21.0. The Balaban J connectivity index is 1.39. The Kier molecular flexibility index (Phi) is 4.49. The third-order valence-electron chi connectivity index (χ3n) is 8.09. The average molecular weight is 470 g/mol. The zero-order chi connectivity index (χ0) is 24.7. The predicted molar refractivity (Wildman–Crippen MR) is 150 cm³/mol. The van der Waals surface area contributed by atoms with E-state index in [1.165, 1.54) is 21.5 Å². The van der Waals surface area contributed by atoms with Crippen molar-refractivity contribution in [3.8, 4) is 11.1 Å². The van der Waals surface area contributed by atoms with E-state index in [0.717, 1.165) is 38.5 Å². The summed E-state index contributed by atoms with van der Waals surface area (Å²) >= 11 is 0. The number of hydrogen-bond donors (Lipinski definition) is 0. The molecule has 1 saturated heterocycles. The molecular weight excluding hydrogens is 443 g/mol. The molecule has 2 heterocycles. The molecule has 3 nitrogen and oxygen atoms in total. The summed E-state index contributed by atoms with van der Waals surface area (Å²) in [6, 6.07) is 32.1. The topological polar surface area (TPSA) is 31.6 Å². The van der Waals surface area contributed by atoms with Gasteiger partial charge >= 0.3 is 7.12 Å². The van der Waals surface area contributed by atoms with Gasteiger partial charge in [-0.15, -0.1) is 0 Å². The number of benzene rings is 5. The standard InChI is InChI=1S/C32H27BO3/c1-31(2)32(3,4)36-33(35-31)22-11-9-10-20(18-22)21-16-17-27-28(19-21)34-30-26-15-8-6-13-24(26)23-12-5-7-14-25(23)29(27)30/h5-19H,1-4H3. The van der Waals surface area contributed by atoms with Crippen molar-refractivity contribution in [2.24, 2.45) is 0 Å². The van der Waals surface area contributed by atoms with E-state index in [4.69, 9.17) is 13.7 Å². The lowest BCUT2D eigenvalue weighted by atomic mass is 9.78. The summed E-state index contributed by atoms with van der Waals surface area (Å²) in [5, 5.41) is 7.15. The van der Waals surface area contributed by atoms with Crippen LogP contribution in [0, 0.1) is 0 Å². The van der Waals surface area contributed by atoms with Gasteiger partial charge in [0, 0.05) is 16.2 Å². The molecule has 176 valence electrons. The Morgan fingerprint density at radius 1 is 0.556 bits per heavy atom. The van der Waals surface area contributed by atoms with Crippen LogP contribution in [0.3, 0.4) is 0 Å². The van der Waals surface area contributed by atoms with Gasteiger partial charge in [-0.3, -0.25) is 0 Å². The van der Waals surface area contributed by atoms with Crippen LogP contribution >= 0.6 is 0 Å². The van der Waals surface area contributed by atoms with Crippen LogP contribution in [0.15, 0.2) is 95.4 Å². The maximum Gasteiger partial charge on any atom is 0.494 e. The molecule has 6 aromatic rings. The van der Waals surface area contributed by atoms with Crippen molar-refractivity contribution in [2.75, 3.05) is 0 Å². The second kappa shape index (κ2) is 7.46. The van der Waals surface area contributed by atoms with E-state index in [0.29, 0.717) is 0 Å². The maximum atomic E-state index is 6.57. The van der Waals surface area contributed by atoms with Gasteiger partial charge in [0.05, 0.1) is 11.2 Å². The summed E-state index contributed by atoms with van der Waals surface area (Å²) in [6.45, 7) is 8.33. The van der Waals surface area contributed by atoms with Crippen LogP contribution in [-0.2, 0) is 9.31 Å². The lowest BCUT2D eigenvalue weighted by Crippen LogP contribution is -2.41. The Labute approximate surface area is 210 Å². The highest BCUT2D eigenvalue weighted by molar-refractivity contribution is 6.62. The van der Waals surface area contributed by atoms with Crippen molar-refractivity contribution >= 4 is 56.1 Å². The highest BCUT2D eigenvalue weighted by Crippen LogP contribution is 2.42. The summed E-state index contributed by atoms with van der Waals surface area (Å²) in [5.41, 5.74) is 4.34. The van der Waals surface area contributed by atoms with Gasteiger partial charge < -0.3 is 13.7 Å². The smallest absolute Gasteiger partial charge is 0.455 e. The molecule has 0 unspecified atom stereocenters. The molecule has 1 aliphatic heterocycles. The van der Waals surface area contributed by atoms with Gasteiger partial charge in [0.25, 0.3) is 0 Å². The molecular formula is C32H27BO3.